The number of thioether (sulfide) groups is 1. The van der Waals surface area contributed by atoms with Crippen LogP contribution in [0.3, 0.4) is 0 Å². The molecule has 2 aromatic heterocycles. The van der Waals surface area contributed by atoms with E-state index in [1.165, 1.54) is 52.6 Å². The van der Waals surface area contributed by atoms with Gasteiger partial charge < -0.3 is 19.4 Å². The monoisotopic (exact) mass is 596 g/mol. The van der Waals surface area contributed by atoms with Crippen LogP contribution >= 0.6 is 11.8 Å². The van der Waals surface area contributed by atoms with Crippen LogP contribution in [-0.2, 0) is 25.9 Å². The fraction of sp³-hybridized carbons (Fsp3) is 0.400. The number of nitrogens with zero attached hydrogens (tertiary/aromatic N) is 3. The number of hydrogen-bond acceptors (Lipinski definition) is 7. The van der Waals surface area contributed by atoms with Crippen LogP contribution in [0.15, 0.2) is 64.5 Å². The number of H-pyrrole nitrogens is 1. The molecule has 2 aliphatic rings. The van der Waals surface area contributed by atoms with E-state index < -0.39 is 0 Å². The average Bonchev–Trinajstić information content (AvgIpc) is 3.86. The molecule has 1 fully saturated rings. The highest BCUT2D eigenvalue weighted by atomic mass is 32.2. The lowest BCUT2D eigenvalue weighted by molar-refractivity contribution is 0.406. The first kappa shape index (κ1) is 29.3. The molecule has 2 aliphatic carbocycles. The second-order valence-corrected chi connectivity index (χ2v) is 12.7. The van der Waals surface area contributed by atoms with Crippen molar-refractivity contribution < 1.29 is 9.47 Å². The third-order valence-corrected chi connectivity index (χ3v) is 9.49. The molecule has 6 rings (SSSR count). The van der Waals surface area contributed by atoms with Gasteiger partial charge in [0.1, 0.15) is 17.3 Å². The van der Waals surface area contributed by atoms with Crippen molar-refractivity contribution in [3.63, 3.8) is 0 Å². The molecule has 2 unspecified atom stereocenters. The number of anilines is 1. The molecule has 2 aromatic carbocycles. The SMILES string of the molecule is COc1ccc(CN(Cc2ccc(OC)cc2)c2cc(C)c(C3CC3)c(C3Cc4nc(SC)[nH]c(=O)c4CC3C)n2)cc1. The Bertz CT molecular complexity index is 1600. The number of aromatic amines is 1. The van der Waals surface area contributed by atoms with Crippen LogP contribution in [0.25, 0.3) is 0 Å². The van der Waals surface area contributed by atoms with E-state index in [0.717, 1.165) is 35.0 Å². The van der Waals surface area contributed by atoms with Gasteiger partial charge in [0, 0.05) is 24.6 Å². The van der Waals surface area contributed by atoms with E-state index in [-0.39, 0.29) is 17.4 Å². The van der Waals surface area contributed by atoms with Crippen LogP contribution in [0.5, 0.6) is 11.5 Å². The highest BCUT2D eigenvalue weighted by Crippen LogP contribution is 2.48. The highest BCUT2D eigenvalue weighted by Gasteiger charge is 2.37. The first-order valence-electron chi connectivity index (χ1n) is 15.0. The molecular formula is C35H40N4O3S. The number of fused-ring (bicyclic) bond motifs is 1. The number of ether oxygens (including phenoxy) is 2. The third-order valence-electron chi connectivity index (χ3n) is 8.91. The molecule has 4 aromatic rings. The minimum Gasteiger partial charge on any atom is -0.497 e. The Kier molecular flexibility index (Phi) is 8.48. The zero-order chi connectivity index (χ0) is 30.1. The zero-order valence-electron chi connectivity index (χ0n) is 25.6. The molecule has 1 N–H and O–H groups in total. The van der Waals surface area contributed by atoms with E-state index in [1.807, 2.05) is 30.5 Å². The Morgan fingerprint density at radius 2 is 1.53 bits per heavy atom. The normalized spacial score (nSPS) is 17.8. The zero-order valence-corrected chi connectivity index (χ0v) is 26.5. The lowest BCUT2D eigenvalue weighted by Crippen LogP contribution is -2.31. The van der Waals surface area contributed by atoms with Gasteiger partial charge in [-0.2, -0.15) is 0 Å². The number of benzene rings is 2. The van der Waals surface area contributed by atoms with Gasteiger partial charge in [-0.05, 0) is 103 Å². The van der Waals surface area contributed by atoms with Crippen molar-refractivity contribution in [1.29, 1.82) is 0 Å². The van der Waals surface area contributed by atoms with Crippen molar-refractivity contribution in [2.75, 3.05) is 25.4 Å². The summed E-state index contributed by atoms with van der Waals surface area (Å²) in [5.41, 5.74) is 8.05. The van der Waals surface area contributed by atoms with Gasteiger partial charge in [-0.1, -0.05) is 43.0 Å². The van der Waals surface area contributed by atoms with Crippen molar-refractivity contribution in [2.24, 2.45) is 5.92 Å². The Balaban J connectivity index is 1.41. The standard InChI is InChI=1S/C35H40N4O3S/c1-21-16-29-30(36-35(43-5)38-34(29)40)18-28(21)33-32(25-10-11-25)22(2)17-31(37-33)39(19-23-6-12-26(41-3)13-7-23)20-24-8-14-27(42-4)15-9-24/h6-9,12-15,17,21,25,28H,10-11,16,18-20H2,1-5H3,(H,36,38,40). The van der Waals surface area contributed by atoms with Crippen molar-refractivity contribution in [3.05, 3.63) is 104 Å². The molecule has 0 radical (unpaired) electrons. The fourth-order valence-electron chi connectivity index (χ4n) is 6.40. The molecule has 2 atom stereocenters. The van der Waals surface area contributed by atoms with Gasteiger partial charge >= 0.3 is 0 Å². The van der Waals surface area contributed by atoms with E-state index in [1.54, 1.807) is 14.2 Å². The van der Waals surface area contributed by atoms with Crippen LogP contribution in [-0.4, -0.2) is 35.4 Å². The maximum absolute atomic E-state index is 12.9. The Labute approximate surface area is 258 Å². The first-order valence-corrected chi connectivity index (χ1v) is 16.3. The number of rotatable bonds is 10. The maximum atomic E-state index is 12.9. The summed E-state index contributed by atoms with van der Waals surface area (Å²) in [6.45, 7) is 5.93. The summed E-state index contributed by atoms with van der Waals surface area (Å²) in [5, 5.41) is 0.683. The van der Waals surface area contributed by atoms with Crippen LogP contribution in [0.2, 0.25) is 0 Å². The lowest BCUT2D eigenvalue weighted by atomic mass is 9.75. The van der Waals surface area contributed by atoms with Crippen molar-refractivity contribution in [2.45, 2.75) is 69.6 Å². The first-order chi connectivity index (χ1) is 20.9. The third kappa shape index (κ3) is 6.30. The van der Waals surface area contributed by atoms with Gasteiger partial charge in [0.05, 0.1) is 25.6 Å². The maximum Gasteiger partial charge on any atom is 0.254 e. The molecule has 8 heteroatoms. The number of pyridine rings is 1. The molecule has 224 valence electrons. The predicted octanol–water partition coefficient (Wildman–Crippen LogP) is 6.82. The van der Waals surface area contributed by atoms with Crippen molar-refractivity contribution in [1.82, 2.24) is 15.0 Å². The van der Waals surface area contributed by atoms with E-state index in [0.29, 0.717) is 30.6 Å². The number of nitrogens with one attached hydrogen (secondary N) is 1. The summed E-state index contributed by atoms with van der Waals surface area (Å²) in [7, 11) is 3.39. The number of hydrogen-bond donors (Lipinski definition) is 1. The molecule has 43 heavy (non-hydrogen) atoms. The van der Waals surface area contributed by atoms with Crippen LogP contribution in [0.1, 0.15) is 70.8 Å². The smallest absolute Gasteiger partial charge is 0.254 e. The minimum absolute atomic E-state index is 0.00474. The molecule has 0 aliphatic heterocycles. The van der Waals surface area contributed by atoms with Crippen molar-refractivity contribution >= 4 is 17.6 Å². The highest BCUT2D eigenvalue weighted by molar-refractivity contribution is 7.98. The van der Waals surface area contributed by atoms with Gasteiger partial charge in [0.25, 0.3) is 5.56 Å². The van der Waals surface area contributed by atoms with E-state index in [9.17, 15) is 4.79 Å². The van der Waals surface area contributed by atoms with Gasteiger partial charge in [0.15, 0.2) is 5.16 Å². The topological polar surface area (TPSA) is 80.3 Å². The Hall–Kier alpha value is -3.78. The molecule has 7 nitrogen and oxygen atoms in total. The predicted molar refractivity (Wildman–Crippen MR) is 173 cm³/mol. The summed E-state index contributed by atoms with van der Waals surface area (Å²) in [4.78, 5) is 28.6. The quantitative estimate of drug-likeness (QED) is 0.159. The average molecular weight is 597 g/mol. The summed E-state index contributed by atoms with van der Waals surface area (Å²) in [6, 6.07) is 18.8. The molecule has 2 heterocycles. The summed E-state index contributed by atoms with van der Waals surface area (Å²) in [6.07, 6.45) is 5.83. The number of aryl methyl sites for hydroxylation is 1. The number of methoxy groups -OCH3 is 2. The molecule has 0 bridgehead atoms. The van der Waals surface area contributed by atoms with Crippen LogP contribution in [0, 0.1) is 12.8 Å². The largest absolute Gasteiger partial charge is 0.497 e. The van der Waals surface area contributed by atoms with Gasteiger partial charge in [-0.3, -0.25) is 4.79 Å². The van der Waals surface area contributed by atoms with Gasteiger partial charge in [0.2, 0.25) is 0 Å². The molecule has 0 saturated heterocycles. The number of aromatic nitrogens is 3. The van der Waals surface area contributed by atoms with Gasteiger partial charge in [-0.15, -0.1) is 0 Å². The molecule has 0 amide bonds. The Morgan fingerprint density at radius 3 is 2.07 bits per heavy atom. The second-order valence-electron chi connectivity index (χ2n) is 11.9. The van der Waals surface area contributed by atoms with Crippen LogP contribution < -0.4 is 19.9 Å². The Morgan fingerprint density at radius 1 is 0.930 bits per heavy atom. The molecule has 0 spiro atoms. The summed E-state index contributed by atoms with van der Waals surface area (Å²) in [5.74, 6) is 3.72. The molecule has 1 saturated carbocycles. The second kappa shape index (κ2) is 12.4. The fourth-order valence-corrected chi connectivity index (χ4v) is 6.79. The van der Waals surface area contributed by atoms with E-state index >= 15 is 0 Å². The van der Waals surface area contributed by atoms with E-state index in [4.69, 9.17) is 19.4 Å². The molecular weight excluding hydrogens is 556 g/mol. The summed E-state index contributed by atoms with van der Waals surface area (Å²) < 4.78 is 10.8. The van der Waals surface area contributed by atoms with E-state index in [2.05, 4.69) is 54.1 Å². The van der Waals surface area contributed by atoms with Crippen LogP contribution in [0.4, 0.5) is 5.82 Å². The lowest BCUT2D eigenvalue weighted by Gasteiger charge is -2.33. The van der Waals surface area contributed by atoms with Gasteiger partial charge in [-0.25, -0.2) is 9.97 Å². The minimum atomic E-state index is 0.00474. The summed E-state index contributed by atoms with van der Waals surface area (Å²) >= 11 is 1.48. The van der Waals surface area contributed by atoms with Crippen molar-refractivity contribution in [3.8, 4) is 11.5 Å².